The largest absolute Gasteiger partial charge is 0.349 e. The van der Waals surface area contributed by atoms with Crippen LogP contribution in [0.15, 0.2) is 59.7 Å². The molecule has 34 heavy (non-hydrogen) atoms. The monoisotopic (exact) mass is 455 g/mol. The third kappa shape index (κ3) is 4.14. The highest BCUT2D eigenvalue weighted by atomic mass is 16.1. The van der Waals surface area contributed by atoms with Crippen LogP contribution < -0.4 is 10.9 Å². The number of aromatic nitrogens is 4. The standard InChI is InChI=1S/C27H29N5O2/c1-3-27(11-10-24-22-6-4-5-7-23(22)26(34)32-31-24)13-20(14-27)30-25(33)18-8-9-21(17(2)12-18)19-15-28-29-16-19/h4-9,12,15-16,20H,3,10-11,13-14H2,1-2H3,(H,28,29)(H,30,33)(H,32,34). The summed E-state index contributed by atoms with van der Waals surface area (Å²) in [6.07, 6.45) is 8.40. The summed E-state index contributed by atoms with van der Waals surface area (Å²) in [6.45, 7) is 4.23. The first kappa shape index (κ1) is 22.1. The second kappa shape index (κ2) is 8.89. The smallest absolute Gasteiger partial charge is 0.272 e. The van der Waals surface area contributed by atoms with E-state index >= 15 is 0 Å². The molecular formula is C27H29N5O2. The van der Waals surface area contributed by atoms with Crippen molar-refractivity contribution in [1.29, 1.82) is 0 Å². The van der Waals surface area contributed by atoms with Crippen LogP contribution in [-0.4, -0.2) is 32.3 Å². The van der Waals surface area contributed by atoms with Gasteiger partial charge in [-0.25, -0.2) is 5.10 Å². The maximum absolute atomic E-state index is 12.9. The lowest BCUT2D eigenvalue weighted by molar-refractivity contribution is 0.0571. The number of fused-ring (bicyclic) bond motifs is 1. The minimum Gasteiger partial charge on any atom is -0.349 e. The Balaban J connectivity index is 1.21. The topological polar surface area (TPSA) is 104 Å². The number of aryl methyl sites for hydroxylation is 2. The Bertz CT molecular complexity index is 1380. The van der Waals surface area contributed by atoms with Crippen LogP contribution in [0.2, 0.25) is 0 Å². The molecule has 7 nitrogen and oxygen atoms in total. The Morgan fingerprint density at radius 3 is 2.68 bits per heavy atom. The van der Waals surface area contributed by atoms with Crippen molar-refractivity contribution in [1.82, 2.24) is 25.7 Å². The van der Waals surface area contributed by atoms with E-state index in [1.807, 2.05) is 55.6 Å². The number of carbonyl (C=O) groups is 1. The SMILES string of the molecule is CCC1(CCc2n[nH]c(=O)c3ccccc23)CC(NC(=O)c2ccc(-c3cn[nH]c3)c(C)c2)C1. The molecule has 2 aromatic heterocycles. The van der Waals surface area contributed by atoms with Gasteiger partial charge in [0.05, 0.1) is 17.3 Å². The normalized spacial score (nSPS) is 19.6. The third-order valence-corrected chi connectivity index (χ3v) is 7.41. The van der Waals surface area contributed by atoms with E-state index < -0.39 is 0 Å². The number of aromatic amines is 2. The highest BCUT2D eigenvalue weighted by molar-refractivity contribution is 5.95. The lowest BCUT2D eigenvalue weighted by Crippen LogP contribution is -2.50. The number of nitrogens with one attached hydrogen (secondary N) is 3. The van der Waals surface area contributed by atoms with Crippen LogP contribution in [0.25, 0.3) is 21.9 Å². The summed E-state index contributed by atoms with van der Waals surface area (Å²) in [5.41, 5.74) is 4.79. The highest BCUT2D eigenvalue weighted by Gasteiger charge is 2.43. The molecule has 1 fully saturated rings. The summed E-state index contributed by atoms with van der Waals surface area (Å²) in [7, 11) is 0. The number of benzene rings is 2. The fourth-order valence-corrected chi connectivity index (χ4v) is 5.30. The second-order valence-corrected chi connectivity index (χ2v) is 9.49. The van der Waals surface area contributed by atoms with E-state index in [2.05, 4.69) is 32.6 Å². The van der Waals surface area contributed by atoms with Gasteiger partial charge in [-0.05, 0) is 67.3 Å². The maximum Gasteiger partial charge on any atom is 0.272 e. The van der Waals surface area contributed by atoms with Crippen LogP contribution in [0.3, 0.4) is 0 Å². The maximum atomic E-state index is 12.9. The van der Waals surface area contributed by atoms with Gasteiger partial charge in [0, 0.05) is 28.8 Å². The second-order valence-electron chi connectivity index (χ2n) is 9.49. The van der Waals surface area contributed by atoms with Gasteiger partial charge in [-0.3, -0.25) is 14.7 Å². The lowest BCUT2D eigenvalue weighted by Gasteiger charge is -2.48. The van der Waals surface area contributed by atoms with Crippen LogP contribution in [0.4, 0.5) is 0 Å². The number of amides is 1. The van der Waals surface area contributed by atoms with E-state index in [0.29, 0.717) is 10.9 Å². The molecular weight excluding hydrogens is 426 g/mol. The fraction of sp³-hybridized carbons (Fsp3) is 0.333. The Kier molecular flexibility index (Phi) is 5.77. The lowest BCUT2D eigenvalue weighted by atomic mass is 9.61. The molecule has 3 N–H and O–H groups in total. The van der Waals surface area contributed by atoms with E-state index in [0.717, 1.165) is 59.9 Å². The Morgan fingerprint density at radius 2 is 1.97 bits per heavy atom. The number of carbonyl (C=O) groups excluding carboxylic acids is 1. The van der Waals surface area contributed by atoms with E-state index in [4.69, 9.17) is 0 Å². The summed E-state index contributed by atoms with van der Waals surface area (Å²) < 4.78 is 0. The van der Waals surface area contributed by atoms with Gasteiger partial charge in [0.2, 0.25) is 0 Å². The van der Waals surface area contributed by atoms with Crippen molar-refractivity contribution in [2.45, 2.75) is 52.0 Å². The number of hydrogen-bond acceptors (Lipinski definition) is 4. The van der Waals surface area contributed by atoms with Gasteiger partial charge in [0.25, 0.3) is 11.5 Å². The zero-order valence-corrected chi connectivity index (χ0v) is 19.5. The van der Waals surface area contributed by atoms with Gasteiger partial charge in [0.15, 0.2) is 0 Å². The predicted molar refractivity (Wildman–Crippen MR) is 133 cm³/mol. The first-order valence-corrected chi connectivity index (χ1v) is 11.8. The molecule has 0 radical (unpaired) electrons. The van der Waals surface area contributed by atoms with E-state index in [9.17, 15) is 9.59 Å². The summed E-state index contributed by atoms with van der Waals surface area (Å²) in [4.78, 5) is 24.9. The molecule has 0 saturated heterocycles. The van der Waals surface area contributed by atoms with E-state index in [-0.39, 0.29) is 22.9 Å². The quantitative estimate of drug-likeness (QED) is 0.380. The Hall–Kier alpha value is -3.74. The van der Waals surface area contributed by atoms with Crippen molar-refractivity contribution < 1.29 is 4.79 Å². The predicted octanol–water partition coefficient (Wildman–Crippen LogP) is 4.54. The average Bonchev–Trinajstić information content (AvgIpc) is 3.36. The first-order valence-electron chi connectivity index (χ1n) is 11.8. The molecule has 1 aliphatic rings. The summed E-state index contributed by atoms with van der Waals surface area (Å²) in [5.74, 6) is -0.0233. The van der Waals surface area contributed by atoms with Crippen LogP contribution >= 0.6 is 0 Å². The number of rotatable bonds is 7. The van der Waals surface area contributed by atoms with E-state index in [1.165, 1.54) is 0 Å². The molecule has 1 aliphatic carbocycles. The van der Waals surface area contributed by atoms with Gasteiger partial charge in [-0.1, -0.05) is 37.6 Å². The van der Waals surface area contributed by atoms with Crippen LogP contribution in [-0.2, 0) is 6.42 Å². The summed E-state index contributed by atoms with van der Waals surface area (Å²) in [5, 5.41) is 18.6. The molecule has 7 heteroatoms. The molecule has 0 atom stereocenters. The minimum atomic E-state index is -0.149. The molecule has 0 unspecified atom stereocenters. The van der Waals surface area contributed by atoms with E-state index in [1.54, 1.807) is 6.20 Å². The van der Waals surface area contributed by atoms with Gasteiger partial charge < -0.3 is 5.32 Å². The molecule has 2 heterocycles. The Morgan fingerprint density at radius 1 is 1.18 bits per heavy atom. The van der Waals surface area contributed by atoms with Crippen LogP contribution in [0, 0.1) is 12.3 Å². The number of H-pyrrole nitrogens is 2. The molecule has 0 spiro atoms. The Labute approximate surface area is 198 Å². The molecule has 0 aliphatic heterocycles. The van der Waals surface area contributed by atoms with Crippen molar-refractivity contribution in [2.24, 2.45) is 5.41 Å². The molecule has 1 amide bonds. The third-order valence-electron chi connectivity index (χ3n) is 7.41. The number of hydrogen-bond donors (Lipinski definition) is 3. The summed E-state index contributed by atoms with van der Waals surface area (Å²) >= 11 is 0. The van der Waals surface area contributed by atoms with Crippen molar-refractivity contribution >= 4 is 16.7 Å². The first-order chi connectivity index (χ1) is 16.5. The zero-order chi connectivity index (χ0) is 23.7. The van der Waals surface area contributed by atoms with Crippen molar-refractivity contribution in [2.75, 3.05) is 0 Å². The number of nitrogens with zero attached hydrogens (tertiary/aromatic N) is 2. The highest BCUT2D eigenvalue weighted by Crippen LogP contribution is 2.47. The molecule has 0 bridgehead atoms. The molecule has 2 aromatic carbocycles. The fourth-order valence-electron chi connectivity index (χ4n) is 5.30. The van der Waals surface area contributed by atoms with Crippen molar-refractivity contribution in [3.05, 3.63) is 82.0 Å². The van der Waals surface area contributed by atoms with Gasteiger partial charge in [0.1, 0.15) is 0 Å². The molecule has 4 aromatic rings. The minimum absolute atomic E-state index is 0.0233. The van der Waals surface area contributed by atoms with Crippen molar-refractivity contribution in [3.63, 3.8) is 0 Å². The molecule has 1 saturated carbocycles. The van der Waals surface area contributed by atoms with Crippen LogP contribution in [0.5, 0.6) is 0 Å². The molecule has 5 rings (SSSR count). The zero-order valence-electron chi connectivity index (χ0n) is 19.5. The van der Waals surface area contributed by atoms with Crippen LogP contribution in [0.1, 0.15) is 54.2 Å². The van der Waals surface area contributed by atoms with Crippen molar-refractivity contribution in [3.8, 4) is 11.1 Å². The van der Waals surface area contributed by atoms with Gasteiger partial charge >= 0.3 is 0 Å². The molecule has 174 valence electrons. The average molecular weight is 456 g/mol. The summed E-state index contributed by atoms with van der Waals surface area (Å²) in [6, 6.07) is 13.6. The van der Waals surface area contributed by atoms with Gasteiger partial charge in [-0.2, -0.15) is 10.2 Å². The van der Waals surface area contributed by atoms with Gasteiger partial charge in [-0.15, -0.1) is 0 Å².